The minimum atomic E-state index is -0.207. The fourth-order valence-electron chi connectivity index (χ4n) is 2.28. The number of pyridine rings is 1. The smallest absolute Gasteiger partial charge is 0.252 e. The van der Waals surface area contributed by atoms with Gasteiger partial charge in [-0.2, -0.15) is 0 Å². The Morgan fingerprint density at radius 3 is 3.00 bits per heavy atom. The van der Waals surface area contributed by atoms with Crippen molar-refractivity contribution in [3.63, 3.8) is 0 Å². The lowest BCUT2D eigenvalue weighted by Gasteiger charge is -2.12. The zero-order valence-corrected chi connectivity index (χ0v) is 12.1. The third-order valence-electron chi connectivity index (χ3n) is 3.32. The van der Waals surface area contributed by atoms with Crippen LogP contribution in [0.3, 0.4) is 0 Å². The molecular weight excluding hydrogens is 290 g/mol. The summed E-state index contributed by atoms with van der Waals surface area (Å²) in [7, 11) is 1.72. The molecule has 2 N–H and O–H groups in total. The Morgan fingerprint density at radius 2 is 2.19 bits per heavy atom. The largest absolute Gasteiger partial charge is 0.491 e. The van der Waals surface area contributed by atoms with Gasteiger partial charge in [-0.3, -0.25) is 4.79 Å². The third-order valence-corrected chi connectivity index (χ3v) is 3.51. The fourth-order valence-corrected chi connectivity index (χ4v) is 2.49. The summed E-state index contributed by atoms with van der Waals surface area (Å²) in [5.41, 5.74) is 1.45. The van der Waals surface area contributed by atoms with E-state index < -0.39 is 0 Å². The van der Waals surface area contributed by atoms with Crippen LogP contribution in [0.2, 0.25) is 5.15 Å². The monoisotopic (exact) mass is 303 g/mol. The van der Waals surface area contributed by atoms with Crippen LogP contribution in [0.5, 0.6) is 5.75 Å². The number of amides is 1. The second-order valence-corrected chi connectivity index (χ2v) is 5.08. The van der Waals surface area contributed by atoms with Crippen LogP contribution >= 0.6 is 11.6 Å². The summed E-state index contributed by atoms with van der Waals surface area (Å²) in [6.07, 6.45) is 0. The second kappa shape index (κ2) is 5.61. The van der Waals surface area contributed by atoms with Crippen molar-refractivity contribution in [2.45, 2.75) is 6.04 Å². The molecular formula is C15H14ClN3O2. The van der Waals surface area contributed by atoms with Gasteiger partial charge in [0.1, 0.15) is 23.3 Å². The summed E-state index contributed by atoms with van der Waals surface area (Å²) in [6, 6.07) is 10.7. The first-order chi connectivity index (χ1) is 10.2. The number of rotatable bonds is 3. The molecule has 5 nitrogen and oxygen atoms in total. The van der Waals surface area contributed by atoms with E-state index in [9.17, 15) is 4.79 Å². The van der Waals surface area contributed by atoms with Gasteiger partial charge in [-0.05, 0) is 18.2 Å². The highest BCUT2D eigenvalue weighted by molar-refractivity contribution is 6.29. The molecule has 21 heavy (non-hydrogen) atoms. The quantitative estimate of drug-likeness (QED) is 0.856. The molecule has 0 fully saturated rings. The van der Waals surface area contributed by atoms with Crippen LogP contribution in [0, 0.1) is 0 Å². The molecule has 0 spiro atoms. The summed E-state index contributed by atoms with van der Waals surface area (Å²) in [4.78, 5) is 16.4. The van der Waals surface area contributed by atoms with Crippen molar-refractivity contribution in [1.82, 2.24) is 10.3 Å². The van der Waals surface area contributed by atoms with E-state index in [2.05, 4.69) is 15.6 Å². The first-order valence-electron chi connectivity index (χ1n) is 6.55. The Balaban J connectivity index is 1.80. The molecule has 0 radical (unpaired) electrons. The maximum atomic E-state index is 12.3. The molecule has 1 aliphatic rings. The zero-order valence-electron chi connectivity index (χ0n) is 11.4. The number of hydrogen-bond donors (Lipinski definition) is 2. The molecule has 1 unspecified atom stereocenters. The van der Waals surface area contributed by atoms with E-state index in [0.717, 1.165) is 11.3 Å². The number of carbonyl (C=O) groups excluding carboxylic acids is 1. The summed E-state index contributed by atoms with van der Waals surface area (Å²) >= 11 is 5.91. The molecule has 3 rings (SSSR count). The molecule has 2 heterocycles. The Hall–Kier alpha value is -2.27. The average molecular weight is 304 g/mol. The molecule has 0 saturated heterocycles. The number of fused-ring (bicyclic) bond motifs is 1. The van der Waals surface area contributed by atoms with Crippen molar-refractivity contribution in [3.8, 4) is 5.75 Å². The zero-order chi connectivity index (χ0) is 14.8. The topological polar surface area (TPSA) is 63.2 Å². The first-order valence-corrected chi connectivity index (χ1v) is 6.93. The molecule has 6 heteroatoms. The first kappa shape index (κ1) is 13.7. The molecule has 0 saturated carbocycles. The van der Waals surface area contributed by atoms with E-state index in [4.69, 9.17) is 16.3 Å². The molecule has 0 bridgehead atoms. The molecule has 1 atom stereocenters. The van der Waals surface area contributed by atoms with Crippen LogP contribution in [0.25, 0.3) is 0 Å². The lowest BCUT2D eigenvalue weighted by Crippen LogP contribution is -2.29. The number of halogens is 1. The molecule has 0 aliphatic carbocycles. The van der Waals surface area contributed by atoms with Crippen LogP contribution < -0.4 is 15.4 Å². The Morgan fingerprint density at radius 1 is 1.38 bits per heavy atom. The predicted octanol–water partition coefficient (Wildman–Crippen LogP) is 2.64. The third kappa shape index (κ3) is 2.78. The number of aromatic nitrogens is 1. The standard InChI is InChI=1S/C15H14ClN3O2/c1-17-14-7-9(6-13(16)19-14)15(20)18-11-8-21-12-5-3-2-4-10(11)12/h2-7,11H,8H2,1H3,(H,17,19)(H,18,20). The van der Waals surface area contributed by atoms with Gasteiger partial charge in [0.15, 0.2) is 0 Å². The maximum Gasteiger partial charge on any atom is 0.252 e. The molecule has 1 aromatic heterocycles. The van der Waals surface area contributed by atoms with Crippen LogP contribution in [-0.4, -0.2) is 24.5 Å². The van der Waals surface area contributed by atoms with Crippen molar-refractivity contribution >= 4 is 23.3 Å². The highest BCUT2D eigenvalue weighted by atomic mass is 35.5. The second-order valence-electron chi connectivity index (χ2n) is 4.69. The maximum absolute atomic E-state index is 12.3. The Bertz CT molecular complexity index is 690. The summed E-state index contributed by atoms with van der Waals surface area (Å²) < 4.78 is 5.55. The number of nitrogens with zero attached hydrogens (tertiary/aromatic N) is 1. The molecule has 108 valence electrons. The van der Waals surface area contributed by atoms with Crippen molar-refractivity contribution in [3.05, 3.63) is 52.7 Å². The number of benzene rings is 1. The van der Waals surface area contributed by atoms with Gasteiger partial charge in [0, 0.05) is 18.2 Å². The molecule has 1 aliphatic heterocycles. The number of carbonyl (C=O) groups is 1. The summed E-state index contributed by atoms with van der Waals surface area (Å²) in [5.74, 6) is 1.16. The lowest BCUT2D eigenvalue weighted by atomic mass is 10.1. The minimum absolute atomic E-state index is 0.154. The van der Waals surface area contributed by atoms with Gasteiger partial charge in [0.25, 0.3) is 5.91 Å². The van der Waals surface area contributed by atoms with E-state index in [1.54, 1.807) is 19.2 Å². The molecule has 1 amide bonds. The van der Waals surface area contributed by atoms with Crippen LogP contribution in [0.4, 0.5) is 5.82 Å². The van der Waals surface area contributed by atoms with Crippen molar-refractivity contribution in [2.24, 2.45) is 0 Å². The van der Waals surface area contributed by atoms with Crippen molar-refractivity contribution in [1.29, 1.82) is 0 Å². The number of ether oxygens (including phenoxy) is 1. The lowest BCUT2D eigenvalue weighted by molar-refractivity contribution is 0.0930. The van der Waals surface area contributed by atoms with Gasteiger partial charge in [-0.1, -0.05) is 29.8 Å². The van der Waals surface area contributed by atoms with Crippen LogP contribution in [0.15, 0.2) is 36.4 Å². The van der Waals surface area contributed by atoms with Crippen molar-refractivity contribution in [2.75, 3.05) is 19.0 Å². The number of nitrogens with one attached hydrogen (secondary N) is 2. The fraction of sp³-hybridized carbons (Fsp3) is 0.200. The number of anilines is 1. The van der Waals surface area contributed by atoms with E-state index in [1.807, 2.05) is 24.3 Å². The van der Waals surface area contributed by atoms with Gasteiger partial charge in [-0.25, -0.2) is 4.98 Å². The highest BCUT2D eigenvalue weighted by Gasteiger charge is 2.25. The van der Waals surface area contributed by atoms with Crippen LogP contribution in [0.1, 0.15) is 22.0 Å². The van der Waals surface area contributed by atoms with Gasteiger partial charge in [-0.15, -0.1) is 0 Å². The van der Waals surface area contributed by atoms with Gasteiger partial charge >= 0.3 is 0 Å². The SMILES string of the molecule is CNc1cc(C(=O)NC2COc3ccccc32)cc(Cl)n1. The molecule has 2 aromatic rings. The summed E-state index contributed by atoms with van der Waals surface area (Å²) in [6.45, 7) is 0.433. The van der Waals surface area contributed by atoms with Gasteiger partial charge < -0.3 is 15.4 Å². The predicted molar refractivity (Wildman–Crippen MR) is 80.9 cm³/mol. The van der Waals surface area contributed by atoms with E-state index >= 15 is 0 Å². The van der Waals surface area contributed by atoms with E-state index in [1.165, 1.54) is 0 Å². The minimum Gasteiger partial charge on any atom is -0.491 e. The highest BCUT2D eigenvalue weighted by Crippen LogP contribution is 2.31. The Kier molecular flexibility index (Phi) is 3.66. The average Bonchev–Trinajstić information content (AvgIpc) is 2.90. The summed E-state index contributed by atoms with van der Waals surface area (Å²) in [5, 5.41) is 6.10. The van der Waals surface area contributed by atoms with Crippen molar-refractivity contribution < 1.29 is 9.53 Å². The van der Waals surface area contributed by atoms with Gasteiger partial charge in [0.2, 0.25) is 0 Å². The normalized spacial score (nSPS) is 16.0. The number of hydrogen-bond acceptors (Lipinski definition) is 4. The van der Waals surface area contributed by atoms with E-state index in [-0.39, 0.29) is 17.1 Å². The van der Waals surface area contributed by atoms with E-state index in [0.29, 0.717) is 18.0 Å². The number of para-hydroxylation sites is 1. The Labute approximate surface area is 127 Å². The van der Waals surface area contributed by atoms with Gasteiger partial charge in [0.05, 0.1) is 6.04 Å². The van der Waals surface area contributed by atoms with Crippen LogP contribution in [-0.2, 0) is 0 Å². The molecule has 1 aromatic carbocycles.